The van der Waals surface area contributed by atoms with E-state index in [4.69, 9.17) is 5.11 Å². The van der Waals surface area contributed by atoms with E-state index in [1.54, 1.807) is 13.8 Å². The maximum atomic E-state index is 11.8. The zero-order valence-corrected chi connectivity index (χ0v) is 11.1. The Morgan fingerprint density at radius 1 is 1.24 bits per heavy atom. The van der Waals surface area contributed by atoms with Gasteiger partial charge in [-0.25, -0.2) is 0 Å². The van der Waals surface area contributed by atoms with Gasteiger partial charge in [0.15, 0.2) is 0 Å². The van der Waals surface area contributed by atoms with Crippen LogP contribution in [0.1, 0.15) is 34.1 Å². The van der Waals surface area contributed by atoms with Crippen LogP contribution in [-0.2, 0) is 4.79 Å². The standard InChI is InChI=1S/C12H25NO4/c1-5-10(15)11(16)9(6-14)13-12(17)8(4)7(2)3/h7-11,14-16H,5-6H2,1-4H3,(H,13,17)/t8?,9-,10+,11-/m0/s1. The molecule has 102 valence electrons. The highest BCUT2D eigenvalue weighted by Crippen LogP contribution is 2.11. The second-order valence-corrected chi connectivity index (χ2v) is 4.80. The second kappa shape index (κ2) is 7.63. The molecule has 0 rings (SSSR count). The van der Waals surface area contributed by atoms with E-state index in [2.05, 4.69) is 5.32 Å². The van der Waals surface area contributed by atoms with Gasteiger partial charge in [0.25, 0.3) is 0 Å². The number of hydrogen-bond acceptors (Lipinski definition) is 4. The fourth-order valence-electron chi connectivity index (χ4n) is 1.37. The van der Waals surface area contributed by atoms with Crippen molar-refractivity contribution in [1.29, 1.82) is 0 Å². The third-order valence-corrected chi connectivity index (χ3v) is 3.16. The van der Waals surface area contributed by atoms with Crippen LogP contribution in [0.2, 0.25) is 0 Å². The molecule has 0 saturated heterocycles. The number of carbonyl (C=O) groups excluding carboxylic acids is 1. The van der Waals surface area contributed by atoms with Crippen LogP contribution in [0.15, 0.2) is 0 Å². The highest BCUT2D eigenvalue weighted by molar-refractivity contribution is 5.78. The third-order valence-electron chi connectivity index (χ3n) is 3.16. The molecule has 5 nitrogen and oxygen atoms in total. The van der Waals surface area contributed by atoms with Gasteiger partial charge in [-0.05, 0) is 12.3 Å². The fraction of sp³-hybridized carbons (Fsp3) is 0.917. The molecule has 17 heavy (non-hydrogen) atoms. The van der Waals surface area contributed by atoms with Gasteiger partial charge in [0.1, 0.15) is 6.10 Å². The Morgan fingerprint density at radius 2 is 1.76 bits per heavy atom. The average Bonchev–Trinajstić information content (AvgIpc) is 2.32. The minimum absolute atomic E-state index is 0.183. The van der Waals surface area contributed by atoms with Crippen LogP contribution in [0.3, 0.4) is 0 Å². The van der Waals surface area contributed by atoms with E-state index < -0.39 is 24.9 Å². The Morgan fingerprint density at radius 3 is 2.12 bits per heavy atom. The Labute approximate surface area is 103 Å². The minimum atomic E-state index is -1.15. The van der Waals surface area contributed by atoms with Gasteiger partial charge in [0.2, 0.25) is 5.91 Å². The lowest BCUT2D eigenvalue weighted by atomic mass is 9.96. The Balaban J connectivity index is 4.45. The van der Waals surface area contributed by atoms with Crippen molar-refractivity contribution < 1.29 is 20.1 Å². The Kier molecular flexibility index (Phi) is 7.34. The fourth-order valence-corrected chi connectivity index (χ4v) is 1.37. The Hall–Kier alpha value is -0.650. The van der Waals surface area contributed by atoms with Gasteiger partial charge >= 0.3 is 0 Å². The molecule has 4 atom stereocenters. The van der Waals surface area contributed by atoms with Crippen molar-refractivity contribution in [2.75, 3.05) is 6.61 Å². The molecule has 0 aliphatic carbocycles. The first-order chi connectivity index (χ1) is 7.84. The molecule has 4 N–H and O–H groups in total. The van der Waals surface area contributed by atoms with E-state index >= 15 is 0 Å². The summed E-state index contributed by atoms with van der Waals surface area (Å²) in [5.41, 5.74) is 0. The van der Waals surface area contributed by atoms with Crippen molar-refractivity contribution in [1.82, 2.24) is 5.32 Å². The third kappa shape index (κ3) is 5.02. The van der Waals surface area contributed by atoms with Gasteiger partial charge in [0, 0.05) is 5.92 Å². The summed E-state index contributed by atoms with van der Waals surface area (Å²) >= 11 is 0. The maximum Gasteiger partial charge on any atom is 0.223 e. The molecule has 0 saturated carbocycles. The van der Waals surface area contributed by atoms with Crippen LogP contribution < -0.4 is 5.32 Å². The summed E-state index contributed by atoms with van der Waals surface area (Å²) in [7, 11) is 0. The number of aliphatic hydroxyl groups excluding tert-OH is 3. The number of hydrogen-bond donors (Lipinski definition) is 4. The first-order valence-corrected chi connectivity index (χ1v) is 6.12. The van der Waals surface area contributed by atoms with Crippen molar-refractivity contribution in [2.45, 2.75) is 52.4 Å². The monoisotopic (exact) mass is 247 g/mol. The highest BCUT2D eigenvalue weighted by Gasteiger charge is 2.28. The molecular formula is C12H25NO4. The SMILES string of the molecule is CC[C@@H](O)[C@@H](O)[C@H](CO)NC(=O)C(C)C(C)C. The summed E-state index contributed by atoms with van der Waals surface area (Å²) in [6.45, 7) is 6.97. The molecule has 1 unspecified atom stereocenters. The van der Waals surface area contributed by atoms with Crippen LogP contribution in [0.4, 0.5) is 0 Å². The summed E-state index contributed by atoms with van der Waals surface area (Å²) in [5.74, 6) is -0.237. The van der Waals surface area contributed by atoms with Crippen molar-refractivity contribution in [3.63, 3.8) is 0 Å². The number of carbonyl (C=O) groups is 1. The van der Waals surface area contributed by atoms with Crippen molar-refractivity contribution >= 4 is 5.91 Å². The lowest BCUT2D eigenvalue weighted by molar-refractivity contribution is -0.128. The molecule has 1 amide bonds. The smallest absolute Gasteiger partial charge is 0.223 e. The van der Waals surface area contributed by atoms with Gasteiger partial charge in [-0.2, -0.15) is 0 Å². The molecule has 0 aromatic carbocycles. The van der Waals surface area contributed by atoms with Crippen LogP contribution in [0.5, 0.6) is 0 Å². The van der Waals surface area contributed by atoms with Gasteiger partial charge in [-0.15, -0.1) is 0 Å². The van der Waals surface area contributed by atoms with Crippen molar-refractivity contribution in [3.8, 4) is 0 Å². The van der Waals surface area contributed by atoms with E-state index in [-0.39, 0.29) is 17.7 Å². The van der Waals surface area contributed by atoms with Crippen LogP contribution in [0, 0.1) is 11.8 Å². The number of aliphatic hydroxyl groups is 3. The predicted octanol–water partition coefficient (Wildman–Crippen LogP) is -0.113. The summed E-state index contributed by atoms with van der Waals surface area (Å²) in [4.78, 5) is 11.8. The van der Waals surface area contributed by atoms with E-state index in [1.165, 1.54) is 0 Å². The molecule has 0 aromatic rings. The van der Waals surface area contributed by atoms with Crippen molar-refractivity contribution in [3.05, 3.63) is 0 Å². The van der Waals surface area contributed by atoms with E-state index in [0.717, 1.165) is 0 Å². The highest BCUT2D eigenvalue weighted by atomic mass is 16.3. The van der Waals surface area contributed by atoms with Crippen molar-refractivity contribution in [2.24, 2.45) is 11.8 Å². The van der Waals surface area contributed by atoms with Crippen LogP contribution in [-0.4, -0.2) is 46.1 Å². The normalized spacial score (nSPS) is 18.6. The van der Waals surface area contributed by atoms with Crippen LogP contribution in [0.25, 0.3) is 0 Å². The topological polar surface area (TPSA) is 89.8 Å². The zero-order valence-electron chi connectivity index (χ0n) is 11.1. The lowest BCUT2D eigenvalue weighted by Crippen LogP contribution is -2.52. The zero-order chi connectivity index (χ0) is 13.6. The molecule has 0 aromatic heterocycles. The molecule has 5 heteroatoms. The Bertz CT molecular complexity index is 233. The van der Waals surface area contributed by atoms with Gasteiger partial charge in [-0.1, -0.05) is 27.7 Å². The van der Waals surface area contributed by atoms with Gasteiger partial charge in [-0.3, -0.25) is 4.79 Å². The quantitative estimate of drug-likeness (QED) is 0.505. The summed E-state index contributed by atoms with van der Waals surface area (Å²) in [6.07, 6.45) is -1.72. The number of nitrogens with one attached hydrogen (secondary N) is 1. The average molecular weight is 247 g/mol. The minimum Gasteiger partial charge on any atom is -0.394 e. The van der Waals surface area contributed by atoms with Crippen LogP contribution >= 0.6 is 0 Å². The molecule has 0 fully saturated rings. The summed E-state index contributed by atoms with van der Waals surface area (Å²) < 4.78 is 0. The van der Waals surface area contributed by atoms with E-state index in [1.807, 2.05) is 13.8 Å². The largest absolute Gasteiger partial charge is 0.394 e. The molecule has 0 aliphatic heterocycles. The van der Waals surface area contributed by atoms with E-state index in [9.17, 15) is 15.0 Å². The summed E-state index contributed by atoms with van der Waals surface area (Å²) in [6, 6.07) is -0.821. The summed E-state index contributed by atoms with van der Waals surface area (Å²) in [5, 5.41) is 30.9. The maximum absolute atomic E-state index is 11.8. The molecular weight excluding hydrogens is 222 g/mol. The lowest BCUT2D eigenvalue weighted by Gasteiger charge is -2.27. The number of amides is 1. The van der Waals surface area contributed by atoms with Gasteiger partial charge < -0.3 is 20.6 Å². The molecule has 0 aliphatic rings. The van der Waals surface area contributed by atoms with E-state index in [0.29, 0.717) is 6.42 Å². The first-order valence-electron chi connectivity index (χ1n) is 6.12. The molecule has 0 radical (unpaired) electrons. The first kappa shape index (κ1) is 16.4. The second-order valence-electron chi connectivity index (χ2n) is 4.80. The predicted molar refractivity (Wildman–Crippen MR) is 65.3 cm³/mol. The molecule has 0 bridgehead atoms. The molecule has 0 spiro atoms. The molecule has 0 heterocycles. The van der Waals surface area contributed by atoms with Gasteiger partial charge in [0.05, 0.1) is 18.8 Å². The number of rotatable bonds is 7.